The molecule has 0 aliphatic heterocycles. The van der Waals surface area contributed by atoms with Gasteiger partial charge in [-0.1, -0.05) is 49.1 Å². The summed E-state index contributed by atoms with van der Waals surface area (Å²) in [4.78, 5) is 19.7. The Hall–Kier alpha value is -2.52. The molecule has 0 saturated carbocycles. The Bertz CT molecular complexity index is 1040. The zero-order valence-electron chi connectivity index (χ0n) is 14.1. The molecule has 0 radical (unpaired) electrons. The maximum atomic E-state index is 11.9. The number of carbonyl (C=O) groups is 1. The number of benzene rings is 2. The third-order valence-electron chi connectivity index (χ3n) is 3.63. The summed E-state index contributed by atoms with van der Waals surface area (Å²) in [5.74, 6) is -0.782. The predicted octanol–water partition coefficient (Wildman–Crippen LogP) is 5.45. The molecule has 2 N–H and O–H groups in total. The third kappa shape index (κ3) is 4.81. The molecule has 1 aromatic heterocycles. The number of H-pyrrole nitrogens is 1. The number of nitrogens with one attached hydrogen (secondary N) is 1. The Morgan fingerprint density at radius 3 is 2.59 bits per heavy atom. The van der Waals surface area contributed by atoms with Gasteiger partial charge in [0.25, 0.3) is 0 Å². The Kier molecular flexibility index (Phi) is 6.02. The number of hydrogen-bond donors (Lipinski definition) is 2. The van der Waals surface area contributed by atoms with Crippen molar-refractivity contribution in [1.82, 2.24) is 4.98 Å². The van der Waals surface area contributed by atoms with Crippen molar-refractivity contribution in [2.75, 3.05) is 6.61 Å². The molecule has 3 aromatic rings. The number of fused-ring (bicyclic) bond motifs is 1. The SMILES string of the molecule is C/C(=N\OCC(=O)N=Nc1c(O)[nH]c2ccc(Br)cc12)c1ccc(Br)cc1. The van der Waals surface area contributed by atoms with E-state index in [0.29, 0.717) is 16.6 Å². The molecule has 9 heteroatoms. The summed E-state index contributed by atoms with van der Waals surface area (Å²) in [6, 6.07) is 12.9. The molecule has 0 unspecified atom stereocenters. The minimum atomic E-state index is -0.619. The maximum Gasteiger partial charge on any atom is 0.304 e. The Labute approximate surface area is 171 Å². The van der Waals surface area contributed by atoms with Gasteiger partial charge in [0, 0.05) is 14.3 Å². The van der Waals surface area contributed by atoms with Gasteiger partial charge in [-0.25, -0.2) is 0 Å². The number of hydrogen-bond acceptors (Lipinski definition) is 5. The molecule has 0 spiro atoms. The summed E-state index contributed by atoms with van der Waals surface area (Å²) in [7, 11) is 0. The molecule has 0 atom stereocenters. The van der Waals surface area contributed by atoms with Crippen LogP contribution in [0.5, 0.6) is 5.88 Å². The van der Waals surface area contributed by atoms with Crippen LogP contribution in [-0.4, -0.2) is 28.3 Å². The zero-order valence-corrected chi connectivity index (χ0v) is 17.3. The first-order valence-electron chi connectivity index (χ1n) is 7.81. The highest BCUT2D eigenvalue weighted by Gasteiger charge is 2.11. The fourth-order valence-corrected chi connectivity index (χ4v) is 2.93. The standard InChI is InChI=1S/C18H14Br2N4O3/c1-10(11-2-4-12(19)5-3-11)24-27-9-16(25)22-23-17-14-8-13(20)6-7-15(14)21-18(17)26/h2-8,21,26H,9H2,1H3/b23-22?,24-10+. The number of aromatic hydroxyl groups is 1. The van der Waals surface area contributed by atoms with Gasteiger partial charge in [-0.15, -0.1) is 10.2 Å². The lowest BCUT2D eigenvalue weighted by atomic mass is 10.1. The zero-order chi connectivity index (χ0) is 19.4. The molecule has 0 aliphatic rings. The van der Waals surface area contributed by atoms with Crippen LogP contribution in [0.1, 0.15) is 12.5 Å². The molecule has 0 aliphatic carbocycles. The molecule has 0 fully saturated rings. The minimum Gasteiger partial charge on any atom is -0.493 e. The van der Waals surface area contributed by atoms with Gasteiger partial charge in [0.2, 0.25) is 5.88 Å². The van der Waals surface area contributed by atoms with Gasteiger partial charge in [0.15, 0.2) is 12.3 Å². The fourth-order valence-electron chi connectivity index (χ4n) is 2.30. The van der Waals surface area contributed by atoms with Gasteiger partial charge in [-0.2, -0.15) is 0 Å². The van der Waals surface area contributed by atoms with E-state index < -0.39 is 5.91 Å². The molecular weight excluding hydrogens is 480 g/mol. The number of nitrogens with zero attached hydrogens (tertiary/aromatic N) is 3. The number of halogens is 2. The highest BCUT2D eigenvalue weighted by molar-refractivity contribution is 9.10. The van der Waals surface area contributed by atoms with Crippen LogP contribution < -0.4 is 0 Å². The van der Waals surface area contributed by atoms with Crippen LogP contribution in [0.25, 0.3) is 10.9 Å². The summed E-state index contributed by atoms with van der Waals surface area (Å²) in [6.45, 7) is 1.42. The lowest BCUT2D eigenvalue weighted by Crippen LogP contribution is -2.04. The first kappa shape index (κ1) is 19.2. The van der Waals surface area contributed by atoms with Gasteiger partial charge in [-0.05, 0) is 42.8 Å². The topological polar surface area (TPSA) is 99.4 Å². The van der Waals surface area contributed by atoms with E-state index in [4.69, 9.17) is 4.84 Å². The molecule has 2 aromatic carbocycles. The van der Waals surface area contributed by atoms with Crippen LogP contribution in [0.15, 0.2) is 66.8 Å². The fraction of sp³-hybridized carbons (Fsp3) is 0.111. The molecule has 0 bridgehead atoms. The van der Waals surface area contributed by atoms with E-state index in [-0.39, 0.29) is 18.2 Å². The van der Waals surface area contributed by atoms with Gasteiger partial charge >= 0.3 is 5.91 Å². The number of carbonyl (C=O) groups excluding carboxylic acids is 1. The minimum absolute atomic E-state index is 0.162. The quantitative estimate of drug-likeness (QED) is 0.281. The number of amides is 1. The largest absolute Gasteiger partial charge is 0.493 e. The second-order valence-corrected chi connectivity index (χ2v) is 7.39. The van der Waals surface area contributed by atoms with E-state index in [9.17, 15) is 9.90 Å². The van der Waals surface area contributed by atoms with Crippen molar-refractivity contribution >= 4 is 60.1 Å². The monoisotopic (exact) mass is 492 g/mol. The van der Waals surface area contributed by atoms with Crippen LogP contribution in [0, 0.1) is 0 Å². The van der Waals surface area contributed by atoms with Gasteiger partial charge < -0.3 is 14.9 Å². The van der Waals surface area contributed by atoms with E-state index in [0.717, 1.165) is 14.5 Å². The molecular formula is C18H14Br2N4O3. The number of azo groups is 1. The lowest BCUT2D eigenvalue weighted by molar-refractivity contribution is -0.122. The first-order chi connectivity index (χ1) is 12.9. The summed E-state index contributed by atoms with van der Waals surface area (Å²) in [6.07, 6.45) is 0. The van der Waals surface area contributed by atoms with Crippen LogP contribution in [0.3, 0.4) is 0 Å². The van der Waals surface area contributed by atoms with Crippen LogP contribution in [-0.2, 0) is 9.63 Å². The van der Waals surface area contributed by atoms with Crippen molar-refractivity contribution in [3.05, 3.63) is 57.0 Å². The lowest BCUT2D eigenvalue weighted by Gasteiger charge is -2.01. The van der Waals surface area contributed by atoms with Gasteiger partial charge in [0.1, 0.15) is 0 Å². The Morgan fingerprint density at radius 1 is 1.15 bits per heavy atom. The molecule has 7 nitrogen and oxygen atoms in total. The van der Waals surface area contributed by atoms with Crippen molar-refractivity contribution in [3.63, 3.8) is 0 Å². The summed E-state index contributed by atoms with van der Waals surface area (Å²) in [5, 5.41) is 21.9. The van der Waals surface area contributed by atoms with Crippen LogP contribution >= 0.6 is 31.9 Å². The first-order valence-corrected chi connectivity index (χ1v) is 9.40. The van der Waals surface area contributed by atoms with E-state index in [2.05, 4.69) is 52.2 Å². The highest BCUT2D eigenvalue weighted by Crippen LogP contribution is 2.36. The van der Waals surface area contributed by atoms with Gasteiger partial charge in [0.05, 0.1) is 11.2 Å². The third-order valence-corrected chi connectivity index (χ3v) is 4.65. The van der Waals surface area contributed by atoms with Crippen LogP contribution in [0.2, 0.25) is 0 Å². The van der Waals surface area contributed by atoms with E-state index in [1.807, 2.05) is 30.3 Å². The number of oxime groups is 1. The smallest absolute Gasteiger partial charge is 0.304 e. The Morgan fingerprint density at radius 2 is 1.85 bits per heavy atom. The molecule has 27 heavy (non-hydrogen) atoms. The molecule has 1 amide bonds. The molecule has 138 valence electrons. The second kappa shape index (κ2) is 8.45. The van der Waals surface area contributed by atoms with Crippen molar-refractivity contribution in [3.8, 4) is 5.88 Å². The maximum absolute atomic E-state index is 11.9. The van der Waals surface area contributed by atoms with Crippen molar-refractivity contribution in [1.29, 1.82) is 0 Å². The summed E-state index contributed by atoms with van der Waals surface area (Å²) < 4.78 is 1.78. The van der Waals surface area contributed by atoms with Crippen LogP contribution in [0.4, 0.5) is 5.69 Å². The normalized spacial score (nSPS) is 12.0. The predicted molar refractivity (Wildman–Crippen MR) is 109 cm³/mol. The molecule has 3 rings (SSSR count). The van der Waals surface area contributed by atoms with E-state index >= 15 is 0 Å². The number of aromatic nitrogens is 1. The van der Waals surface area contributed by atoms with E-state index in [1.165, 1.54) is 0 Å². The number of rotatable bonds is 5. The number of aromatic amines is 1. The summed E-state index contributed by atoms with van der Waals surface area (Å²) >= 11 is 6.72. The average Bonchev–Trinajstić information content (AvgIpc) is 2.95. The van der Waals surface area contributed by atoms with Gasteiger partial charge in [-0.3, -0.25) is 4.79 Å². The molecule has 1 heterocycles. The van der Waals surface area contributed by atoms with Crippen molar-refractivity contribution < 1.29 is 14.7 Å². The van der Waals surface area contributed by atoms with Crippen molar-refractivity contribution in [2.45, 2.75) is 6.92 Å². The average molecular weight is 494 g/mol. The van der Waals surface area contributed by atoms with E-state index in [1.54, 1.807) is 19.1 Å². The Balaban J connectivity index is 1.64. The summed E-state index contributed by atoms with van der Waals surface area (Å²) in [5.41, 5.74) is 2.38. The molecule has 0 saturated heterocycles. The van der Waals surface area contributed by atoms with Crippen molar-refractivity contribution in [2.24, 2.45) is 15.4 Å². The highest BCUT2D eigenvalue weighted by atomic mass is 79.9. The second-order valence-electron chi connectivity index (χ2n) is 5.56.